The second-order valence-electron chi connectivity index (χ2n) is 9.65. The van der Waals surface area contributed by atoms with Gasteiger partial charge in [-0.15, -0.1) is 0 Å². The standard InChI is InChI=1S/C24H27ClFN3O/c1-23(2,3)29-14-17(15-7-9-18(25)19(26)13-15)16-8-10-20(27-21(16)29)22(30)28-12-6-11-24(28,4)5/h7-10,13-14H,6,11-12H2,1-5H3. The summed E-state index contributed by atoms with van der Waals surface area (Å²) in [4.78, 5) is 19.9. The third kappa shape index (κ3) is 3.49. The van der Waals surface area contributed by atoms with Gasteiger partial charge in [-0.1, -0.05) is 17.7 Å². The Hall–Kier alpha value is -2.40. The maximum absolute atomic E-state index is 14.1. The van der Waals surface area contributed by atoms with Crippen LogP contribution < -0.4 is 0 Å². The van der Waals surface area contributed by atoms with Gasteiger partial charge in [0.1, 0.15) is 17.2 Å². The van der Waals surface area contributed by atoms with Crippen molar-refractivity contribution in [3.8, 4) is 11.1 Å². The summed E-state index contributed by atoms with van der Waals surface area (Å²) in [6, 6.07) is 8.51. The zero-order valence-corrected chi connectivity index (χ0v) is 18.8. The third-order valence-corrected chi connectivity index (χ3v) is 6.28. The molecule has 30 heavy (non-hydrogen) atoms. The second-order valence-corrected chi connectivity index (χ2v) is 10.1. The average molecular weight is 428 g/mol. The van der Waals surface area contributed by atoms with E-state index < -0.39 is 5.82 Å². The fourth-order valence-corrected chi connectivity index (χ4v) is 4.37. The molecule has 1 fully saturated rings. The van der Waals surface area contributed by atoms with Crippen LogP contribution in [0.2, 0.25) is 5.02 Å². The van der Waals surface area contributed by atoms with Crippen LogP contribution in [0.4, 0.5) is 4.39 Å². The van der Waals surface area contributed by atoms with Crippen LogP contribution >= 0.6 is 11.6 Å². The van der Waals surface area contributed by atoms with Gasteiger partial charge in [0, 0.05) is 34.8 Å². The third-order valence-electron chi connectivity index (χ3n) is 5.97. The normalized spacial score (nSPS) is 16.4. The van der Waals surface area contributed by atoms with Crippen LogP contribution in [0.1, 0.15) is 57.9 Å². The summed E-state index contributed by atoms with van der Waals surface area (Å²) in [6.07, 6.45) is 3.98. The first-order chi connectivity index (χ1) is 14.0. The average Bonchev–Trinajstić information content (AvgIpc) is 3.22. The summed E-state index contributed by atoms with van der Waals surface area (Å²) in [7, 11) is 0. The highest BCUT2D eigenvalue weighted by atomic mass is 35.5. The van der Waals surface area contributed by atoms with Crippen LogP contribution in [0.25, 0.3) is 22.2 Å². The van der Waals surface area contributed by atoms with Gasteiger partial charge in [-0.25, -0.2) is 9.37 Å². The number of hydrogen-bond acceptors (Lipinski definition) is 2. The van der Waals surface area contributed by atoms with Gasteiger partial charge in [0.05, 0.1) is 5.02 Å². The van der Waals surface area contributed by atoms with Crippen molar-refractivity contribution < 1.29 is 9.18 Å². The molecule has 2 aromatic heterocycles. The monoisotopic (exact) mass is 427 g/mol. The van der Waals surface area contributed by atoms with E-state index in [0.29, 0.717) is 5.69 Å². The number of rotatable bonds is 2. The number of pyridine rings is 1. The molecule has 1 saturated heterocycles. The molecule has 1 amide bonds. The van der Waals surface area contributed by atoms with Crippen LogP contribution in [0, 0.1) is 5.82 Å². The summed E-state index contributed by atoms with van der Waals surface area (Å²) in [5.41, 5.74) is 2.33. The SMILES string of the molecule is CC1(C)CCCN1C(=O)c1ccc2c(-c3ccc(Cl)c(F)c3)cn(C(C)(C)C)c2n1. The van der Waals surface area contributed by atoms with E-state index in [0.717, 1.165) is 41.5 Å². The van der Waals surface area contributed by atoms with Gasteiger partial charge in [0.15, 0.2) is 0 Å². The molecule has 1 aliphatic rings. The molecule has 0 spiro atoms. The molecule has 6 heteroatoms. The number of carbonyl (C=O) groups is 1. The molecule has 0 unspecified atom stereocenters. The van der Waals surface area contributed by atoms with Crippen LogP contribution in [-0.4, -0.2) is 32.4 Å². The minimum atomic E-state index is -0.457. The maximum atomic E-state index is 14.1. The predicted octanol–water partition coefficient (Wildman–Crippen LogP) is 6.27. The van der Waals surface area contributed by atoms with E-state index in [2.05, 4.69) is 39.2 Å². The first-order valence-corrected chi connectivity index (χ1v) is 10.7. The lowest BCUT2D eigenvalue weighted by Crippen LogP contribution is -2.43. The van der Waals surface area contributed by atoms with E-state index in [1.54, 1.807) is 18.2 Å². The zero-order valence-electron chi connectivity index (χ0n) is 18.1. The van der Waals surface area contributed by atoms with E-state index in [1.165, 1.54) is 6.07 Å². The second kappa shape index (κ2) is 7.09. The van der Waals surface area contributed by atoms with Crippen LogP contribution in [0.15, 0.2) is 36.5 Å². The Kier molecular flexibility index (Phi) is 4.93. The van der Waals surface area contributed by atoms with Gasteiger partial charge < -0.3 is 9.47 Å². The molecule has 0 radical (unpaired) electrons. The molecular weight excluding hydrogens is 401 g/mol. The lowest BCUT2D eigenvalue weighted by atomic mass is 10.0. The number of hydrogen-bond donors (Lipinski definition) is 0. The Morgan fingerprint density at radius 1 is 1.20 bits per heavy atom. The van der Waals surface area contributed by atoms with Gasteiger partial charge >= 0.3 is 0 Å². The molecule has 3 aromatic rings. The van der Waals surface area contributed by atoms with Crippen molar-refractivity contribution in [3.63, 3.8) is 0 Å². The fourth-order valence-electron chi connectivity index (χ4n) is 4.25. The largest absolute Gasteiger partial charge is 0.332 e. The number of halogens is 2. The number of fused-ring (bicyclic) bond motifs is 1. The van der Waals surface area contributed by atoms with E-state index >= 15 is 0 Å². The van der Waals surface area contributed by atoms with Gasteiger partial charge in [-0.3, -0.25) is 4.79 Å². The van der Waals surface area contributed by atoms with Gasteiger partial charge in [-0.2, -0.15) is 0 Å². The Bertz CT molecular complexity index is 1140. The van der Waals surface area contributed by atoms with E-state index in [1.807, 2.05) is 17.2 Å². The lowest BCUT2D eigenvalue weighted by Gasteiger charge is -2.31. The molecule has 0 saturated carbocycles. The number of likely N-dealkylation sites (tertiary alicyclic amines) is 1. The Morgan fingerprint density at radius 3 is 2.53 bits per heavy atom. The fraction of sp³-hybridized carbons (Fsp3) is 0.417. The molecule has 3 heterocycles. The number of aromatic nitrogens is 2. The van der Waals surface area contributed by atoms with Crippen molar-refractivity contribution in [1.82, 2.24) is 14.5 Å². The molecule has 0 atom stereocenters. The Balaban J connectivity index is 1.87. The lowest BCUT2D eigenvalue weighted by molar-refractivity contribution is 0.0646. The van der Waals surface area contributed by atoms with Crippen molar-refractivity contribution in [2.24, 2.45) is 0 Å². The summed E-state index contributed by atoms with van der Waals surface area (Å²) < 4.78 is 16.2. The van der Waals surface area contributed by atoms with Crippen molar-refractivity contribution >= 4 is 28.5 Å². The predicted molar refractivity (Wildman–Crippen MR) is 119 cm³/mol. The first kappa shape index (κ1) is 20.9. The van der Waals surface area contributed by atoms with Crippen molar-refractivity contribution in [2.45, 2.75) is 58.5 Å². The molecule has 0 N–H and O–H groups in total. The van der Waals surface area contributed by atoms with Crippen molar-refractivity contribution in [3.05, 3.63) is 53.1 Å². The van der Waals surface area contributed by atoms with Gasteiger partial charge in [0.2, 0.25) is 0 Å². The van der Waals surface area contributed by atoms with Crippen LogP contribution in [-0.2, 0) is 5.54 Å². The van der Waals surface area contributed by atoms with E-state index in [9.17, 15) is 9.18 Å². The number of amides is 1. The molecular formula is C24H27ClFN3O. The van der Waals surface area contributed by atoms with Crippen molar-refractivity contribution in [1.29, 1.82) is 0 Å². The summed E-state index contributed by atoms with van der Waals surface area (Å²) in [5, 5.41) is 0.974. The van der Waals surface area contributed by atoms with Gasteiger partial charge in [0.25, 0.3) is 5.91 Å². The summed E-state index contributed by atoms with van der Waals surface area (Å²) in [5.74, 6) is -0.498. The van der Waals surface area contributed by atoms with E-state index in [-0.39, 0.29) is 22.0 Å². The maximum Gasteiger partial charge on any atom is 0.272 e. The minimum Gasteiger partial charge on any atom is -0.332 e. The first-order valence-electron chi connectivity index (χ1n) is 10.3. The smallest absolute Gasteiger partial charge is 0.272 e. The van der Waals surface area contributed by atoms with Crippen molar-refractivity contribution in [2.75, 3.05) is 6.54 Å². The zero-order chi connectivity index (χ0) is 21.8. The Labute approximate surface area is 181 Å². The highest BCUT2D eigenvalue weighted by molar-refractivity contribution is 6.30. The minimum absolute atomic E-state index is 0.0415. The number of carbonyl (C=O) groups excluding carboxylic acids is 1. The summed E-state index contributed by atoms with van der Waals surface area (Å²) in [6.45, 7) is 11.2. The number of nitrogens with zero attached hydrogens (tertiary/aromatic N) is 3. The molecule has 0 aliphatic carbocycles. The van der Waals surface area contributed by atoms with Crippen LogP contribution in [0.3, 0.4) is 0 Å². The highest BCUT2D eigenvalue weighted by Crippen LogP contribution is 2.35. The molecule has 0 bridgehead atoms. The molecule has 4 rings (SSSR count). The molecule has 1 aliphatic heterocycles. The Morgan fingerprint density at radius 2 is 1.93 bits per heavy atom. The molecule has 158 valence electrons. The molecule has 1 aromatic carbocycles. The molecule has 4 nitrogen and oxygen atoms in total. The quantitative estimate of drug-likeness (QED) is 0.483. The summed E-state index contributed by atoms with van der Waals surface area (Å²) >= 11 is 5.87. The van der Waals surface area contributed by atoms with E-state index in [4.69, 9.17) is 16.6 Å². The number of benzene rings is 1. The highest BCUT2D eigenvalue weighted by Gasteiger charge is 2.36. The van der Waals surface area contributed by atoms with Crippen LogP contribution in [0.5, 0.6) is 0 Å². The topological polar surface area (TPSA) is 38.1 Å². The van der Waals surface area contributed by atoms with Gasteiger partial charge in [-0.05, 0) is 77.3 Å².